The van der Waals surface area contributed by atoms with Gasteiger partial charge in [-0.3, -0.25) is 9.69 Å². The molecule has 2 rings (SSSR count). The van der Waals surface area contributed by atoms with E-state index in [1.807, 2.05) is 0 Å². The van der Waals surface area contributed by atoms with Gasteiger partial charge in [-0.2, -0.15) is 0 Å². The first-order valence-corrected chi connectivity index (χ1v) is 8.15. The van der Waals surface area contributed by atoms with E-state index >= 15 is 0 Å². The summed E-state index contributed by atoms with van der Waals surface area (Å²) in [7, 11) is 0. The second-order valence-electron chi connectivity index (χ2n) is 5.93. The Morgan fingerprint density at radius 2 is 1.71 bits per heavy atom. The maximum Gasteiger partial charge on any atom is 0.238 e. The second kappa shape index (κ2) is 7.19. The first-order chi connectivity index (χ1) is 9.85. The third kappa shape index (κ3) is 4.75. The van der Waals surface area contributed by atoms with Crippen molar-refractivity contribution < 1.29 is 4.79 Å². The van der Waals surface area contributed by atoms with Crippen molar-refractivity contribution in [2.24, 2.45) is 11.8 Å². The van der Waals surface area contributed by atoms with E-state index < -0.39 is 0 Å². The zero-order chi connectivity index (χ0) is 15.6. The van der Waals surface area contributed by atoms with E-state index in [-0.39, 0.29) is 5.91 Å². The van der Waals surface area contributed by atoms with Gasteiger partial charge in [0.25, 0.3) is 0 Å². The van der Waals surface area contributed by atoms with Gasteiger partial charge in [0.2, 0.25) is 5.91 Å². The minimum atomic E-state index is -0.109. The predicted molar refractivity (Wildman–Crippen MR) is 89.5 cm³/mol. The van der Waals surface area contributed by atoms with E-state index in [9.17, 15) is 4.79 Å². The van der Waals surface area contributed by atoms with Crippen molar-refractivity contribution in [1.29, 1.82) is 0 Å². The van der Waals surface area contributed by atoms with Crippen LogP contribution >= 0.6 is 34.8 Å². The average molecular weight is 350 g/mol. The van der Waals surface area contributed by atoms with Gasteiger partial charge in [-0.15, -0.1) is 0 Å². The third-order valence-electron chi connectivity index (χ3n) is 3.58. The Kier molecular flexibility index (Phi) is 5.78. The van der Waals surface area contributed by atoms with Crippen LogP contribution < -0.4 is 5.32 Å². The summed E-state index contributed by atoms with van der Waals surface area (Å²) in [5.41, 5.74) is 0.422. The molecule has 1 N–H and O–H groups in total. The molecule has 1 aliphatic heterocycles. The Labute approximate surface area is 140 Å². The lowest BCUT2D eigenvalue weighted by Gasteiger charge is -2.34. The van der Waals surface area contributed by atoms with Crippen LogP contribution in [0.3, 0.4) is 0 Å². The number of benzene rings is 1. The quantitative estimate of drug-likeness (QED) is 0.867. The van der Waals surface area contributed by atoms with Crippen LogP contribution in [0.2, 0.25) is 15.1 Å². The molecule has 1 aliphatic rings. The van der Waals surface area contributed by atoms with Gasteiger partial charge in [0.05, 0.1) is 22.3 Å². The number of piperidine rings is 1. The van der Waals surface area contributed by atoms with Crippen molar-refractivity contribution >= 4 is 46.4 Å². The van der Waals surface area contributed by atoms with E-state index in [1.165, 1.54) is 6.42 Å². The normalized spacial score (nSPS) is 23.1. The van der Waals surface area contributed by atoms with Crippen LogP contribution in [0.15, 0.2) is 12.1 Å². The Balaban J connectivity index is 1.99. The van der Waals surface area contributed by atoms with Crippen molar-refractivity contribution in [3.63, 3.8) is 0 Å². The summed E-state index contributed by atoms with van der Waals surface area (Å²) in [5, 5.41) is 3.92. The first-order valence-electron chi connectivity index (χ1n) is 7.02. The van der Waals surface area contributed by atoms with Crippen LogP contribution in [0.4, 0.5) is 5.69 Å². The standard InChI is InChI=1S/C15H19Cl3N2O/c1-9-3-10(2)7-20(6-9)8-14(21)19-15-12(17)4-11(16)5-13(15)18/h4-5,9-10H,3,6-8H2,1-2H3,(H,19,21)/t9-,10-/m0/s1. The van der Waals surface area contributed by atoms with Crippen LogP contribution in [-0.2, 0) is 4.79 Å². The molecule has 0 unspecified atom stereocenters. The van der Waals surface area contributed by atoms with Crippen molar-refractivity contribution in [3.8, 4) is 0 Å². The summed E-state index contributed by atoms with van der Waals surface area (Å²) in [5.74, 6) is 1.12. The minimum absolute atomic E-state index is 0.109. The number of rotatable bonds is 3. The number of nitrogens with one attached hydrogen (secondary N) is 1. The molecule has 1 saturated heterocycles. The van der Waals surface area contributed by atoms with Crippen LogP contribution in [0.1, 0.15) is 20.3 Å². The fourth-order valence-electron chi connectivity index (χ4n) is 2.96. The summed E-state index contributed by atoms with van der Waals surface area (Å²) < 4.78 is 0. The molecule has 6 heteroatoms. The number of carbonyl (C=O) groups is 1. The maximum atomic E-state index is 12.2. The van der Waals surface area contributed by atoms with Crippen LogP contribution in [0.5, 0.6) is 0 Å². The number of anilines is 1. The molecule has 0 saturated carbocycles. The van der Waals surface area contributed by atoms with Crippen LogP contribution in [0, 0.1) is 11.8 Å². The zero-order valence-electron chi connectivity index (χ0n) is 12.1. The fourth-order valence-corrected chi connectivity index (χ4v) is 3.88. The van der Waals surface area contributed by atoms with Gasteiger partial charge >= 0.3 is 0 Å². The van der Waals surface area contributed by atoms with Gasteiger partial charge in [0.15, 0.2) is 0 Å². The molecular weight excluding hydrogens is 331 g/mol. The summed E-state index contributed by atoms with van der Waals surface area (Å²) in [6.07, 6.45) is 1.22. The lowest BCUT2D eigenvalue weighted by Crippen LogP contribution is -2.42. The fraction of sp³-hybridized carbons (Fsp3) is 0.533. The van der Waals surface area contributed by atoms with E-state index in [0.29, 0.717) is 39.1 Å². The van der Waals surface area contributed by atoms with Crippen molar-refractivity contribution in [2.75, 3.05) is 25.0 Å². The largest absolute Gasteiger partial charge is 0.322 e. The highest BCUT2D eigenvalue weighted by atomic mass is 35.5. The molecule has 1 fully saturated rings. The molecule has 116 valence electrons. The van der Waals surface area contributed by atoms with E-state index in [1.54, 1.807) is 12.1 Å². The highest BCUT2D eigenvalue weighted by Gasteiger charge is 2.23. The smallest absolute Gasteiger partial charge is 0.238 e. The monoisotopic (exact) mass is 348 g/mol. The summed E-state index contributed by atoms with van der Waals surface area (Å²) in [6, 6.07) is 3.13. The lowest BCUT2D eigenvalue weighted by molar-refractivity contribution is -0.117. The third-order valence-corrected chi connectivity index (χ3v) is 4.40. The molecule has 1 aromatic rings. The van der Waals surface area contributed by atoms with Crippen molar-refractivity contribution in [1.82, 2.24) is 4.90 Å². The Morgan fingerprint density at radius 1 is 1.19 bits per heavy atom. The number of halogens is 3. The van der Waals surface area contributed by atoms with Gasteiger partial charge in [-0.25, -0.2) is 0 Å². The average Bonchev–Trinajstić information content (AvgIpc) is 2.32. The number of carbonyl (C=O) groups excluding carboxylic acids is 1. The molecule has 0 bridgehead atoms. The van der Waals surface area contributed by atoms with Crippen LogP contribution in [0.25, 0.3) is 0 Å². The summed E-state index contributed by atoms with van der Waals surface area (Å²) >= 11 is 18.0. The van der Waals surface area contributed by atoms with E-state index in [2.05, 4.69) is 24.1 Å². The number of nitrogens with zero attached hydrogens (tertiary/aromatic N) is 1. The lowest BCUT2D eigenvalue weighted by atomic mass is 9.92. The molecule has 0 spiro atoms. The topological polar surface area (TPSA) is 32.3 Å². The molecule has 0 radical (unpaired) electrons. The Bertz CT molecular complexity index is 503. The Hall–Kier alpha value is -0.480. The van der Waals surface area contributed by atoms with Gasteiger partial charge in [0, 0.05) is 18.1 Å². The summed E-state index contributed by atoms with van der Waals surface area (Å²) in [6.45, 7) is 6.67. The van der Waals surface area contributed by atoms with Gasteiger partial charge in [-0.05, 0) is 30.4 Å². The molecule has 1 amide bonds. The summed E-state index contributed by atoms with van der Waals surface area (Å²) in [4.78, 5) is 14.4. The molecule has 1 heterocycles. The molecule has 1 aromatic carbocycles. The molecule has 3 nitrogen and oxygen atoms in total. The molecule has 0 aliphatic carbocycles. The molecular formula is C15H19Cl3N2O. The number of hydrogen-bond donors (Lipinski definition) is 1. The Morgan fingerprint density at radius 3 is 2.24 bits per heavy atom. The zero-order valence-corrected chi connectivity index (χ0v) is 14.4. The first kappa shape index (κ1) is 16.9. The highest BCUT2D eigenvalue weighted by molar-refractivity contribution is 6.42. The van der Waals surface area contributed by atoms with Crippen LogP contribution in [-0.4, -0.2) is 30.4 Å². The van der Waals surface area contributed by atoms with Crippen molar-refractivity contribution in [2.45, 2.75) is 20.3 Å². The second-order valence-corrected chi connectivity index (χ2v) is 7.18. The number of hydrogen-bond acceptors (Lipinski definition) is 2. The number of likely N-dealkylation sites (tertiary alicyclic amines) is 1. The van der Waals surface area contributed by atoms with Gasteiger partial charge in [-0.1, -0.05) is 48.7 Å². The van der Waals surface area contributed by atoms with Gasteiger partial charge in [0.1, 0.15) is 0 Å². The predicted octanol–water partition coefficient (Wildman–Crippen LogP) is 4.56. The molecule has 0 aromatic heterocycles. The number of amides is 1. The molecule has 2 atom stereocenters. The van der Waals surface area contributed by atoms with Gasteiger partial charge < -0.3 is 5.32 Å². The van der Waals surface area contributed by atoms with E-state index in [0.717, 1.165) is 13.1 Å². The van der Waals surface area contributed by atoms with E-state index in [4.69, 9.17) is 34.8 Å². The molecule has 21 heavy (non-hydrogen) atoms. The highest BCUT2D eigenvalue weighted by Crippen LogP contribution is 2.33. The maximum absolute atomic E-state index is 12.2. The minimum Gasteiger partial charge on any atom is -0.322 e. The SMILES string of the molecule is C[C@H]1C[C@H](C)CN(CC(=O)Nc2c(Cl)cc(Cl)cc2Cl)C1. The van der Waals surface area contributed by atoms with Crippen molar-refractivity contribution in [3.05, 3.63) is 27.2 Å².